The molecule has 1 aromatic rings. The summed E-state index contributed by atoms with van der Waals surface area (Å²) < 4.78 is 10.3. The van der Waals surface area contributed by atoms with Gasteiger partial charge in [-0.25, -0.2) is 4.79 Å². The molecule has 1 fully saturated rings. The van der Waals surface area contributed by atoms with Crippen molar-refractivity contribution in [3.8, 4) is 0 Å². The first-order valence-electron chi connectivity index (χ1n) is 9.02. The van der Waals surface area contributed by atoms with Gasteiger partial charge < -0.3 is 19.7 Å². The number of anilines is 1. The second kappa shape index (κ2) is 10.6. The maximum Gasteiger partial charge on any atom is 0.338 e. The molecule has 0 aromatic heterocycles. The molecule has 1 aliphatic heterocycles. The van der Waals surface area contributed by atoms with E-state index in [0.717, 1.165) is 12.8 Å². The highest BCUT2D eigenvalue weighted by Gasteiger charge is 2.17. The molecule has 1 saturated heterocycles. The third-order valence-corrected chi connectivity index (χ3v) is 4.07. The van der Waals surface area contributed by atoms with Gasteiger partial charge in [0.15, 0.2) is 0 Å². The van der Waals surface area contributed by atoms with Crippen molar-refractivity contribution in [2.24, 2.45) is 0 Å². The van der Waals surface area contributed by atoms with E-state index in [0.29, 0.717) is 44.2 Å². The van der Waals surface area contributed by atoms with E-state index in [1.165, 1.54) is 0 Å². The van der Waals surface area contributed by atoms with Crippen molar-refractivity contribution in [3.63, 3.8) is 0 Å². The number of nitrogens with zero attached hydrogens (tertiary/aromatic N) is 1. The fourth-order valence-electron chi connectivity index (χ4n) is 2.50. The Morgan fingerprint density at radius 1 is 1.12 bits per heavy atom. The van der Waals surface area contributed by atoms with Gasteiger partial charge in [0.25, 0.3) is 0 Å². The van der Waals surface area contributed by atoms with Gasteiger partial charge in [-0.1, -0.05) is 13.3 Å². The molecule has 0 bridgehead atoms. The van der Waals surface area contributed by atoms with E-state index < -0.39 is 0 Å². The number of hydrogen-bond acceptors (Lipinski definition) is 5. The molecular weight excluding hydrogens is 336 g/mol. The molecule has 26 heavy (non-hydrogen) atoms. The van der Waals surface area contributed by atoms with E-state index in [1.54, 1.807) is 29.2 Å². The van der Waals surface area contributed by atoms with Gasteiger partial charge in [-0.2, -0.15) is 0 Å². The number of amides is 2. The van der Waals surface area contributed by atoms with E-state index in [2.05, 4.69) is 5.32 Å². The molecule has 1 N–H and O–H groups in total. The summed E-state index contributed by atoms with van der Waals surface area (Å²) in [6, 6.07) is 6.53. The number of morpholine rings is 1. The van der Waals surface area contributed by atoms with E-state index in [-0.39, 0.29) is 30.6 Å². The summed E-state index contributed by atoms with van der Waals surface area (Å²) in [5.74, 6) is -0.633. The highest BCUT2D eigenvalue weighted by Crippen LogP contribution is 2.12. The molecule has 1 heterocycles. The number of unbranched alkanes of at least 4 members (excludes halogenated alkanes) is 1. The summed E-state index contributed by atoms with van der Waals surface area (Å²) in [6.45, 7) is 4.69. The van der Waals surface area contributed by atoms with Crippen LogP contribution in [0.1, 0.15) is 43.0 Å². The third kappa shape index (κ3) is 6.48. The Morgan fingerprint density at radius 2 is 1.81 bits per heavy atom. The SMILES string of the molecule is CCCCOC(=O)c1ccc(NC(=O)CCC(=O)N2CCOCC2)cc1. The number of hydrogen-bond donors (Lipinski definition) is 1. The zero-order valence-electron chi connectivity index (χ0n) is 15.2. The molecule has 0 aliphatic carbocycles. The van der Waals surface area contributed by atoms with Gasteiger partial charge in [0.05, 0.1) is 25.4 Å². The first-order chi connectivity index (χ1) is 12.6. The van der Waals surface area contributed by atoms with Crippen LogP contribution >= 0.6 is 0 Å². The van der Waals surface area contributed by atoms with Gasteiger partial charge in [0.1, 0.15) is 0 Å². The van der Waals surface area contributed by atoms with Crippen LogP contribution in [0.4, 0.5) is 5.69 Å². The fraction of sp³-hybridized carbons (Fsp3) is 0.526. The van der Waals surface area contributed by atoms with Crippen molar-refractivity contribution in [2.45, 2.75) is 32.6 Å². The molecule has 2 amide bonds. The lowest BCUT2D eigenvalue weighted by Crippen LogP contribution is -2.40. The Hall–Kier alpha value is -2.41. The molecule has 0 saturated carbocycles. The minimum atomic E-state index is -0.368. The topological polar surface area (TPSA) is 84.9 Å². The van der Waals surface area contributed by atoms with Crippen LogP contribution in [0.15, 0.2) is 24.3 Å². The number of ether oxygens (including phenoxy) is 2. The van der Waals surface area contributed by atoms with Crippen LogP contribution in [0.25, 0.3) is 0 Å². The van der Waals surface area contributed by atoms with Crippen molar-refractivity contribution in [1.29, 1.82) is 0 Å². The molecule has 0 spiro atoms. The standard InChI is InChI=1S/C19H26N2O5/c1-2-3-12-26-19(24)15-4-6-16(7-5-15)20-17(22)8-9-18(23)21-10-13-25-14-11-21/h4-7H,2-3,8-14H2,1H3,(H,20,22). The average Bonchev–Trinajstić information content (AvgIpc) is 2.67. The van der Waals surface area contributed by atoms with E-state index in [1.807, 2.05) is 6.92 Å². The lowest BCUT2D eigenvalue weighted by atomic mass is 10.2. The van der Waals surface area contributed by atoms with Crippen LogP contribution in [0.5, 0.6) is 0 Å². The quantitative estimate of drug-likeness (QED) is 0.566. The Bertz CT molecular complexity index is 609. The monoisotopic (exact) mass is 362 g/mol. The first-order valence-corrected chi connectivity index (χ1v) is 9.02. The number of carbonyl (C=O) groups excluding carboxylic acids is 3. The molecule has 142 valence electrons. The summed E-state index contributed by atoms with van der Waals surface area (Å²) in [5.41, 5.74) is 1.03. The van der Waals surface area contributed by atoms with Crippen LogP contribution in [0, 0.1) is 0 Å². The lowest BCUT2D eigenvalue weighted by molar-refractivity contribution is -0.136. The third-order valence-electron chi connectivity index (χ3n) is 4.07. The average molecular weight is 362 g/mol. The van der Waals surface area contributed by atoms with Gasteiger partial charge in [-0.15, -0.1) is 0 Å². The van der Waals surface area contributed by atoms with E-state index in [4.69, 9.17) is 9.47 Å². The fourth-order valence-corrected chi connectivity index (χ4v) is 2.50. The van der Waals surface area contributed by atoms with Crippen LogP contribution in [0.2, 0.25) is 0 Å². The van der Waals surface area contributed by atoms with Crippen molar-refractivity contribution in [2.75, 3.05) is 38.2 Å². The summed E-state index contributed by atoms with van der Waals surface area (Å²) >= 11 is 0. The summed E-state index contributed by atoms with van der Waals surface area (Å²) in [6.07, 6.45) is 2.10. The van der Waals surface area contributed by atoms with Crippen LogP contribution in [-0.4, -0.2) is 55.6 Å². The number of carbonyl (C=O) groups is 3. The second-order valence-electron chi connectivity index (χ2n) is 6.11. The highest BCUT2D eigenvalue weighted by molar-refractivity contribution is 5.94. The van der Waals surface area contributed by atoms with Crippen molar-refractivity contribution < 1.29 is 23.9 Å². The normalized spacial score (nSPS) is 14.0. The largest absolute Gasteiger partial charge is 0.462 e. The summed E-state index contributed by atoms with van der Waals surface area (Å²) in [4.78, 5) is 37.6. The van der Waals surface area contributed by atoms with Crippen LogP contribution < -0.4 is 5.32 Å². The number of nitrogens with one attached hydrogen (secondary N) is 1. The predicted octanol–water partition coefficient (Wildman–Crippen LogP) is 2.22. The van der Waals surface area contributed by atoms with Gasteiger partial charge in [0.2, 0.25) is 11.8 Å². The number of esters is 1. The maximum atomic E-state index is 12.0. The van der Waals surface area contributed by atoms with Crippen molar-refractivity contribution in [3.05, 3.63) is 29.8 Å². The highest BCUT2D eigenvalue weighted by atomic mass is 16.5. The molecule has 0 atom stereocenters. The van der Waals surface area contributed by atoms with E-state index >= 15 is 0 Å². The number of rotatable bonds is 8. The summed E-state index contributed by atoms with van der Waals surface area (Å²) in [7, 11) is 0. The Morgan fingerprint density at radius 3 is 2.46 bits per heavy atom. The Kier molecular flexibility index (Phi) is 8.08. The Labute approximate surface area is 153 Å². The Balaban J connectivity index is 1.74. The van der Waals surface area contributed by atoms with Crippen LogP contribution in [-0.2, 0) is 19.1 Å². The molecule has 1 aromatic carbocycles. The van der Waals surface area contributed by atoms with Crippen molar-refractivity contribution >= 4 is 23.5 Å². The first kappa shape index (κ1) is 19.9. The molecule has 1 aliphatic rings. The number of benzene rings is 1. The minimum Gasteiger partial charge on any atom is -0.462 e. The molecule has 0 radical (unpaired) electrons. The lowest BCUT2D eigenvalue weighted by Gasteiger charge is -2.26. The maximum absolute atomic E-state index is 12.0. The van der Waals surface area contributed by atoms with E-state index in [9.17, 15) is 14.4 Å². The van der Waals surface area contributed by atoms with Gasteiger partial charge in [-0.05, 0) is 30.7 Å². The van der Waals surface area contributed by atoms with Crippen molar-refractivity contribution in [1.82, 2.24) is 4.90 Å². The zero-order chi connectivity index (χ0) is 18.8. The van der Waals surface area contributed by atoms with Gasteiger partial charge in [-0.3, -0.25) is 9.59 Å². The smallest absolute Gasteiger partial charge is 0.338 e. The minimum absolute atomic E-state index is 0.0337. The molecule has 7 nitrogen and oxygen atoms in total. The zero-order valence-corrected chi connectivity index (χ0v) is 15.2. The molecule has 7 heteroatoms. The molecular formula is C19H26N2O5. The molecule has 0 unspecified atom stereocenters. The predicted molar refractivity (Wildman–Crippen MR) is 96.9 cm³/mol. The summed E-state index contributed by atoms with van der Waals surface area (Å²) in [5, 5.41) is 2.73. The van der Waals surface area contributed by atoms with Gasteiger partial charge in [0, 0.05) is 31.6 Å². The van der Waals surface area contributed by atoms with Crippen LogP contribution in [0.3, 0.4) is 0 Å². The second-order valence-corrected chi connectivity index (χ2v) is 6.11. The van der Waals surface area contributed by atoms with Gasteiger partial charge >= 0.3 is 5.97 Å². The molecule has 2 rings (SSSR count).